The number of nitrogens with one attached hydrogen (secondary N) is 2. The van der Waals surface area contributed by atoms with Gasteiger partial charge >= 0.3 is 0 Å². The standard InChI is InChI=1S/C12H26N2OS/c1-10(2)6-5-7-11(3)14-12(16)13-8-9-15-4/h10-11H,5-9H2,1-4H3,(H2,13,14,16). The van der Waals surface area contributed by atoms with Crippen LogP contribution in [-0.4, -0.2) is 31.4 Å². The van der Waals surface area contributed by atoms with Gasteiger partial charge in [0.15, 0.2) is 5.11 Å². The third kappa shape index (κ3) is 10.2. The van der Waals surface area contributed by atoms with Gasteiger partial charge in [0.1, 0.15) is 0 Å². The molecule has 0 fully saturated rings. The van der Waals surface area contributed by atoms with Crippen molar-refractivity contribution in [2.75, 3.05) is 20.3 Å². The second-order valence-electron chi connectivity index (χ2n) is 4.62. The Kier molecular flexibility index (Phi) is 9.63. The number of methoxy groups -OCH3 is 1. The molecule has 0 aromatic rings. The molecule has 0 saturated heterocycles. The fraction of sp³-hybridized carbons (Fsp3) is 0.917. The molecule has 0 aromatic heterocycles. The van der Waals surface area contributed by atoms with Crippen molar-refractivity contribution in [1.82, 2.24) is 10.6 Å². The molecule has 1 unspecified atom stereocenters. The van der Waals surface area contributed by atoms with Crippen molar-refractivity contribution in [3.05, 3.63) is 0 Å². The average Bonchev–Trinajstić information content (AvgIpc) is 2.17. The Labute approximate surface area is 105 Å². The Morgan fingerprint density at radius 2 is 1.94 bits per heavy atom. The number of thiocarbonyl (C=S) groups is 1. The summed E-state index contributed by atoms with van der Waals surface area (Å²) in [6.07, 6.45) is 3.71. The van der Waals surface area contributed by atoms with Crippen molar-refractivity contribution in [3.8, 4) is 0 Å². The molecule has 0 radical (unpaired) electrons. The lowest BCUT2D eigenvalue weighted by Crippen LogP contribution is -2.41. The van der Waals surface area contributed by atoms with Crippen LogP contribution >= 0.6 is 12.2 Å². The van der Waals surface area contributed by atoms with Crippen LogP contribution in [0.1, 0.15) is 40.0 Å². The summed E-state index contributed by atoms with van der Waals surface area (Å²) in [5.41, 5.74) is 0. The first-order chi connectivity index (χ1) is 7.56. The molecular formula is C12H26N2OS. The van der Waals surface area contributed by atoms with Crippen LogP contribution in [-0.2, 0) is 4.74 Å². The van der Waals surface area contributed by atoms with Gasteiger partial charge in [0.05, 0.1) is 6.61 Å². The van der Waals surface area contributed by atoms with E-state index in [4.69, 9.17) is 17.0 Å². The van der Waals surface area contributed by atoms with E-state index in [0.29, 0.717) is 12.6 Å². The van der Waals surface area contributed by atoms with Gasteiger partial charge in [-0.25, -0.2) is 0 Å². The Bertz CT molecular complexity index is 186. The average molecular weight is 246 g/mol. The minimum atomic E-state index is 0.446. The van der Waals surface area contributed by atoms with Crippen molar-refractivity contribution in [2.24, 2.45) is 5.92 Å². The molecule has 1 atom stereocenters. The van der Waals surface area contributed by atoms with Crippen molar-refractivity contribution in [3.63, 3.8) is 0 Å². The Morgan fingerprint density at radius 3 is 2.50 bits per heavy atom. The summed E-state index contributed by atoms with van der Waals surface area (Å²) in [5, 5.41) is 7.12. The summed E-state index contributed by atoms with van der Waals surface area (Å²) in [7, 11) is 1.69. The van der Waals surface area contributed by atoms with Gasteiger partial charge in [-0.15, -0.1) is 0 Å². The van der Waals surface area contributed by atoms with Crippen molar-refractivity contribution >= 4 is 17.3 Å². The van der Waals surface area contributed by atoms with E-state index < -0.39 is 0 Å². The zero-order valence-corrected chi connectivity index (χ0v) is 11.8. The van der Waals surface area contributed by atoms with Gasteiger partial charge in [0.2, 0.25) is 0 Å². The maximum Gasteiger partial charge on any atom is 0.166 e. The van der Waals surface area contributed by atoms with Crippen LogP contribution in [0.5, 0.6) is 0 Å². The number of ether oxygens (including phenoxy) is 1. The molecule has 0 aliphatic carbocycles. The normalized spacial score (nSPS) is 12.6. The van der Waals surface area contributed by atoms with E-state index in [1.807, 2.05) is 0 Å². The van der Waals surface area contributed by atoms with Crippen LogP contribution in [0.3, 0.4) is 0 Å². The number of hydrogen-bond donors (Lipinski definition) is 2. The lowest BCUT2D eigenvalue weighted by Gasteiger charge is -2.17. The van der Waals surface area contributed by atoms with Gasteiger partial charge in [0.25, 0.3) is 0 Å². The highest BCUT2D eigenvalue weighted by Crippen LogP contribution is 2.07. The first-order valence-electron chi connectivity index (χ1n) is 6.09. The van der Waals surface area contributed by atoms with Crippen molar-refractivity contribution in [1.29, 1.82) is 0 Å². The molecule has 0 amide bonds. The van der Waals surface area contributed by atoms with Crippen LogP contribution in [0.2, 0.25) is 0 Å². The van der Waals surface area contributed by atoms with Gasteiger partial charge in [-0.2, -0.15) is 0 Å². The minimum absolute atomic E-state index is 0.446. The summed E-state index contributed by atoms with van der Waals surface area (Å²) in [6, 6.07) is 0.446. The van der Waals surface area contributed by atoms with E-state index in [9.17, 15) is 0 Å². The van der Waals surface area contributed by atoms with E-state index in [1.54, 1.807) is 7.11 Å². The third-order valence-corrected chi connectivity index (χ3v) is 2.65. The predicted molar refractivity (Wildman–Crippen MR) is 73.8 cm³/mol. The van der Waals surface area contributed by atoms with E-state index in [1.165, 1.54) is 19.3 Å². The molecule has 0 bridgehead atoms. The predicted octanol–water partition coefficient (Wildman–Crippen LogP) is 2.31. The Balaban J connectivity index is 3.46. The first kappa shape index (κ1) is 15.7. The minimum Gasteiger partial charge on any atom is -0.383 e. The molecular weight excluding hydrogens is 220 g/mol. The lowest BCUT2D eigenvalue weighted by molar-refractivity contribution is 0.204. The molecule has 0 aliphatic rings. The lowest BCUT2D eigenvalue weighted by atomic mass is 10.0. The fourth-order valence-electron chi connectivity index (χ4n) is 1.45. The van der Waals surface area contributed by atoms with E-state index in [2.05, 4.69) is 31.4 Å². The third-order valence-electron chi connectivity index (χ3n) is 2.39. The topological polar surface area (TPSA) is 33.3 Å². The van der Waals surface area contributed by atoms with E-state index >= 15 is 0 Å². The SMILES string of the molecule is COCCNC(=S)NC(C)CCCC(C)C. The smallest absolute Gasteiger partial charge is 0.166 e. The maximum atomic E-state index is 5.17. The van der Waals surface area contributed by atoms with Gasteiger partial charge in [-0.1, -0.05) is 26.7 Å². The van der Waals surface area contributed by atoms with Gasteiger partial charge < -0.3 is 15.4 Å². The van der Waals surface area contributed by atoms with Gasteiger partial charge in [0, 0.05) is 19.7 Å². The zero-order valence-electron chi connectivity index (χ0n) is 11.0. The van der Waals surface area contributed by atoms with E-state index in [0.717, 1.165) is 17.6 Å². The number of hydrogen-bond acceptors (Lipinski definition) is 2. The first-order valence-corrected chi connectivity index (χ1v) is 6.50. The van der Waals surface area contributed by atoms with Gasteiger partial charge in [-0.3, -0.25) is 0 Å². The molecule has 0 aromatic carbocycles. The summed E-state index contributed by atoms with van der Waals surface area (Å²) in [6.45, 7) is 8.14. The molecule has 2 N–H and O–H groups in total. The van der Waals surface area contributed by atoms with Crippen LogP contribution in [0.15, 0.2) is 0 Å². The van der Waals surface area contributed by atoms with E-state index in [-0.39, 0.29) is 0 Å². The quantitative estimate of drug-likeness (QED) is 0.509. The Hall–Kier alpha value is -0.350. The summed E-state index contributed by atoms with van der Waals surface area (Å²) >= 11 is 5.17. The molecule has 16 heavy (non-hydrogen) atoms. The molecule has 0 spiro atoms. The summed E-state index contributed by atoms with van der Waals surface area (Å²) in [5.74, 6) is 0.791. The number of rotatable bonds is 8. The molecule has 0 heterocycles. The Morgan fingerprint density at radius 1 is 1.25 bits per heavy atom. The van der Waals surface area contributed by atoms with Crippen LogP contribution in [0, 0.1) is 5.92 Å². The highest BCUT2D eigenvalue weighted by Gasteiger charge is 2.04. The second-order valence-corrected chi connectivity index (χ2v) is 5.03. The molecule has 96 valence electrons. The maximum absolute atomic E-state index is 5.17. The van der Waals surface area contributed by atoms with Gasteiger partial charge in [-0.05, 0) is 31.5 Å². The highest BCUT2D eigenvalue weighted by molar-refractivity contribution is 7.80. The van der Waals surface area contributed by atoms with Crippen molar-refractivity contribution < 1.29 is 4.74 Å². The van der Waals surface area contributed by atoms with Crippen LogP contribution in [0.25, 0.3) is 0 Å². The summed E-state index contributed by atoms with van der Waals surface area (Å²) in [4.78, 5) is 0. The zero-order chi connectivity index (χ0) is 12.4. The highest BCUT2D eigenvalue weighted by atomic mass is 32.1. The van der Waals surface area contributed by atoms with Crippen LogP contribution in [0.4, 0.5) is 0 Å². The molecule has 0 rings (SSSR count). The molecule has 0 aliphatic heterocycles. The molecule has 0 saturated carbocycles. The monoisotopic (exact) mass is 246 g/mol. The summed E-state index contributed by atoms with van der Waals surface area (Å²) < 4.78 is 4.94. The largest absolute Gasteiger partial charge is 0.383 e. The fourth-order valence-corrected chi connectivity index (χ4v) is 1.75. The molecule has 3 nitrogen and oxygen atoms in total. The van der Waals surface area contributed by atoms with Crippen LogP contribution < -0.4 is 10.6 Å². The van der Waals surface area contributed by atoms with Crippen molar-refractivity contribution in [2.45, 2.75) is 46.1 Å². The molecule has 4 heteroatoms. The second kappa shape index (κ2) is 9.85.